The van der Waals surface area contributed by atoms with Gasteiger partial charge in [-0.05, 0) is 56.1 Å². The molecule has 1 aromatic heterocycles. The molecular weight excluding hydrogens is 438 g/mol. The molecule has 0 unspecified atom stereocenters. The summed E-state index contributed by atoms with van der Waals surface area (Å²) in [5, 5.41) is 10.9. The summed E-state index contributed by atoms with van der Waals surface area (Å²) in [7, 11) is 4.06. The maximum atomic E-state index is 13.4. The molecule has 1 fully saturated rings. The van der Waals surface area contributed by atoms with Crippen LogP contribution < -0.4 is 0 Å². The first kappa shape index (κ1) is 23.6. The smallest absolute Gasteiger partial charge is 0.335 e. The molecule has 0 saturated heterocycles. The van der Waals surface area contributed by atoms with Crippen LogP contribution >= 0.6 is 0 Å². The van der Waals surface area contributed by atoms with Crippen LogP contribution in [-0.4, -0.2) is 58.5 Å². The number of carboxylic acids is 1. The van der Waals surface area contributed by atoms with Crippen LogP contribution in [-0.2, 0) is 17.9 Å². The maximum absolute atomic E-state index is 13.4. The number of benzene rings is 2. The highest BCUT2D eigenvalue weighted by atomic mass is 16.4. The van der Waals surface area contributed by atoms with Crippen molar-refractivity contribution in [2.45, 2.75) is 57.5 Å². The van der Waals surface area contributed by atoms with Crippen LogP contribution in [0.3, 0.4) is 0 Å². The zero-order valence-corrected chi connectivity index (χ0v) is 20.8. The van der Waals surface area contributed by atoms with Crippen molar-refractivity contribution in [2.75, 3.05) is 27.2 Å². The van der Waals surface area contributed by atoms with Crippen LogP contribution in [0, 0.1) is 0 Å². The Morgan fingerprint density at radius 2 is 1.86 bits per heavy atom. The summed E-state index contributed by atoms with van der Waals surface area (Å²) in [4.78, 5) is 29.3. The van der Waals surface area contributed by atoms with Crippen molar-refractivity contribution in [2.24, 2.45) is 0 Å². The number of hydrogen-bond acceptors (Lipinski definition) is 3. The third-order valence-corrected chi connectivity index (χ3v) is 7.72. The number of nitrogens with zero attached hydrogens (tertiary/aromatic N) is 3. The van der Waals surface area contributed by atoms with Crippen LogP contribution in [0.1, 0.15) is 65.9 Å². The third kappa shape index (κ3) is 4.59. The van der Waals surface area contributed by atoms with E-state index in [4.69, 9.17) is 0 Å². The van der Waals surface area contributed by atoms with Gasteiger partial charge in [0.15, 0.2) is 0 Å². The van der Waals surface area contributed by atoms with E-state index in [0.29, 0.717) is 37.5 Å². The van der Waals surface area contributed by atoms with Gasteiger partial charge in [0.1, 0.15) is 0 Å². The van der Waals surface area contributed by atoms with E-state index < -0.39 is 5.97 Å². The zero-order valence-electron chi connectivity index (χ0n) is 20.8. The molecule has 0 spiro atoms. The molecule has 0 radical (unpaired) electrons. The lowest BCUT2D eigenvalue weighted by molar-refractivity contribution is -0.132. The second kappa shape index (κ2) is 9.86. The number of carbonyl (C=O) groups is 2. The fraction of sp³-hybridized carbons (Fsp3) is 0.448. The molecule has 35 heavy (non-hydrogen) atoms. The molecule has 0 bridgehead atoms. The molecule has 2 aromatic carbocycles. The molecule has 3 aromatic rings. The standard InChI is InChI=1S/C29H35N3O3/c1-30(2)16-17-31-19-22-10-6-7-11-23(22)28-27(20-8-4-3-5-9-20)24-13-12-21(29(34)35)18-25(24)32(28)15-14-26(31)33/h6-7,10-13,18,20H,3-5,8-9,14-17,19H2,1-2H3,(H,34,35). The van der Waals surface area contributed by atoms with Gasteiger partial charge in [-0.1, -0.05) is 49.6 Å². The van der Waals surface area contributed by atoms with Crippen LogP contribution in [0.4, 0.5) is 0 Å². The molecule has 1 amide bonds. The second-order valence-electron chi connectivity index (χ2n) is 10.3. The number of hydrogen-bond donors (Lipinski definition) is 1. The second-order valence-corrected chi connectivity index (χ2v) is 10.3. The maximum Gasteiger partial charge on any atom is 0.335 e. The summed E-state index contributed by atoms with van der Waals surface area (Å²) in [5.74, 6) is -0.325. The molecule has 6 nitrogen and oxygen atoms in total. The summed E-state index contributed by atoms with van der Waals surface area (Å²) in [6.45, 7) is 2.65. The van der Waals surface area contributed by atoms with Crippen molar-refractivity contribution >= 4 is 22.8 Å². The Balaban J connectivity index is 1.73. The number of rotatable bonds is 5. The highest BCUT2D eigenvalue weighted by Gasteiger charge is 2.30. The predicted molar refractivity (Wildman–Crippen MR) is 139 cm³/mol. The fourth-order valence-corrected chi connectivity index (χ4v) is 5.91. The van der Waals surface area contributed by atoms with Gasteiger partial charge < -0.3 is 19.5 Å². The van der Waals surface area contributed by atoms with Crippen molar-refractivity contribution in [1.29, 1.82) is 0 Å². The quantitative estimate of drug-likeness (QED) is 0.543. The Bertz CT molecular complexity index is 1250. The molecule has 2 aliphatic rings. The Morgan fingerprint density at radius 1 is 1.09 bits per heavy atom. The van der Waals surface area contributed by atoms with Crippen molar-refractivity contribution in [3.63, 3.8) is 0 Å². The van der Waals surface area contributed by atoms with Gasteiger partial charge in [0.05, 0.1) is 11.3 Å². The lowest BCUT2D eigenvalue weighted by Gasteiger charge is -2.26. The summed E-state index contributed by atoms with van der Waals surface area (Å²) < 4.78 is 2.25. The van der Waals surface area contributed by atoms with E-state index in [1.165, 1.54) is 36.1 Å². The van der Waals surface area contributed by atoms with Gasteiger partial charge in [-0.25, -0.2) is 4.79 Å². The molecule has 1 aliphatic carbocycles. The molecule has 6 heteroatoms. The van der Waals surface area contributed by atoms with Gasteiger partial charge in [0, 0.05) is 49.1 Å². The van der Waals surface area contributed by atoms with Crippen molar-refractivity contribution in [3.05, 3.63) is 59.2 Å². The average Bonchev–Trinajstić information content (AvgIpc) is 3.20. The molecule has 1 N–H and O–H groups in total. The van der Waals surface area contributed by atoms with Gasteiger partial charge in [-0.15, -0.1) is 0 Å². The predicted octanol–water partition coefficient (Wildman–Crippen LogP) is 5.35. The van der Waals surface area contributed by atoms with Gasteiger partial charge in [-0.3, -0.25) is 4.79 Å². The number of aromatic carboxylic acids is 1. The first-order chi connectivity index (χ1) is 16.9. The van der Waals surface area contributed by atoms with Gasteiger partial charge >= 0.3 is 5.97 Å². The van der Waals surface area contributed by atoms with Gasteiger partial charge in [-0.2, -0.15) is 0 Å². The van der Waals surface area contributed by atoms with Crippen molar-refractivity contribution in [3.8, 4) is 11.3 Å². The van der Waals surface area contributed by atoms with Crippen LogP contribution in [0.5, 0.6) is 0 Å². The summed E-state index contributed by atoms with van der Waals surface area (Å²) in [5.41, 5.74) is 6.09. The number of amides is 1. The van der Waals surface area contributed by atoms with E-state index in [-0.39, 0.29) is 5.91 Å². The molecule has 1 aliphatic heterocycles. The van der Waals surface area contributed by atoms with E-state index in [2.05, 4.69) is 33.7 Å². The monoisotopic (exact) mass is 473 g/mol. The van der Waals surface area contributed by atoms with Crippen LogP contribution in [0.15, 0.2) is 42.5 Å². The van der Waals surface area contributed by atoms with Crippen molar-refractivity contribution in [1.82, 2.24) is 14.4 Å². The lowest BCUT2D eigenvalue weighted by Crippen LogP contribution is -2.36. The number of aryl methyl sites for hydroxylation is 1. The number of carbonyl (C=O) groups excluding carboxylic acids is 1. The summed E-state index contributed by atoms with van der Waals surface area (Å²) in [6, 6.07) is 14.0. The number of carboxylic acid groups (broad SMARTS) is 1. The first-order valence-electron chi connectivity index (χ1n) is 12.8. The van der Waals surface area contributed by atoms with Crippen LogP contribution in [0.25, 0.3) is 22.2 Å². The van der Waals surface area contributed by atoms with E-state index in [0.717, 1.165) is 35.9 Å². The first-order valence-corrected chi connectivity index (χ1v) is 12.8. The fourth-order valence-electron chi connectivity index (χ4n) is 5.91. The van der Waals surface area contributed by atoms with Gasteiger partial charge in [0.25, 0.3) is 0 Å². The Hall–Kier alpha value is -3.12. The number of aromatic nitrogens is 1. The van der Waals surface area contributed by atoms with Gasteiger partial charge in [0.2, 0.25) is 5.91 Å². The number of likely N-dealkylation sites (N-methyl/N-ethyl adjacent to an activating group) is 1. The highest BCUT2D eigenvalue weighted by molar-refractivity contribution is 5.98. The van der Waals surface area contributed by atoms with E-state index in [1.807, 2.05) is 31.1 Å². The normalized spacial score (nSPS) is 17.1. The molecule has 5 rings (SSSR count). The highest BCUT2D eigenvalue weighted by Crippen LogP contribution is 2.45. The topological polar surface area (TPSA) is 65.8 Å². The molecule has 184 valence electrons. The van der Waals surface area contributed by atoms with Crippen molar-refractivity contribution < 1.29 is 14.7 Å². The van der Waals surface area contributed by atoms with E-state index >= 15 is 0 Å². The minimum Gasteiger partial charge on any atom is -0.478 e. The minimum atomic E-state index is -0.920. The zero-order chi connectivity index (χ0) is 24.5. The largest absolute Gasteiger partial charge is 0.478 e. The minimum absolute atomic E-state index is 0.143. The Kier molecular flexibility index (Phi) is 6.65. The molecule has 0 atom stereocenters. The third-order valence-electron chi connectivity index (χ3n) is 7.72. The molecule has 1 saturated carbocycles. The average molecular weight is 474 g/mol. The Labute approximate surface area is 207 Å². The lowest BCUT2D eigenvalue weighted by atomic mass is 9.81. The van der Waals surface area contributed by atoms with E-state index in [9.17, 15) is 14.7 Å². The van der Waals surface area contributed by atoms with E-state index in [1.54, 1.807) is 6.07 Å². The molecular formula is C29H35N3O3. The number of fused-ring (bicyclic) bond motifs is 5. The molecule has 2 heterocycles. The summed E-state index contributed by atoms with van der Waals surface area (Å²) in [6.07, 6.45) is 6.44. The van der Waals surface area contributed by atoms with Crippen LogP contribution in [0.2, 0.25) is 0 Å². The Morgan fingerprint density at radius 3 is 2.60 bits per heavy atom. The summed E-state index contributed by atoms with van der Waals surface area (Å²) >= 11 is 0. The SMILES string of the molecule is CN(C)CCN1Cc2ccccc2-c2c(C3CCCCC3)c3ccc(C(=O)O)cc3n2CCC1=O.